The minimum absolute atomic E-state index is 0.280. The van der Waals surface area contributed by atoms with Crippen molar-refractivity contribution < 1.29 is 4.74 Å². The van der Waals surface area contributed by atoms with Gasteiger partial charge in [0.1, 0.15) is 11.6 Å². The highest BCUT2D eigenvalue weighted by molar-refractivity contribution is 5.47. The Labute approximate surface area is 103 Å². The summed E-state index contributed by atoms with van der Waals surface area (Å²) in [6.45, 7) is 7.89. The van der Waals surface area contributed by atoms with Gasteiger partial charge in [0.25, 0.3) is 0 Å². The van der Waals surface area contributed by atoms with Crippen molar-refractivity contribution >= 4 is 11.6 Å². The number of pyridine rings is 1. The molecule has 2 rings (SSSR count). The first-order valence-electron chi connectivity index (χ1n) is 6.37. The maximum Gasteiger partial charge on any atom is 0.131 e. The lowest BCUT2D eigenvalue weighted by molar-refractivity contribution is 0.0820. The zero-order chi connectivity index (χ0) is 12.1. The zero-order valence-corrected chi connectivity index (χ0v) is 10.6. The number of hydrogen-bond donors (Lipinski definition) is 1. The van der Waals surface area contributed by atoms with Gasteiger partial charge in [-0.3, -0.25) is 0 Å². The Morgan fingerprint density at radius 1 is 1.53 bits per heavy atom. The fraction of sp³-hybridized carbons (Fsp3) is 0.615. The number of nitrogens with one attached hydrogen (secondary N) is 1. The minimum Gasteiger partial charge on any atom is -0.377 e. The van der Waals surface area contributed by atoms with Crippen LogP contribution in [0.25, 0.3) is 0 Å². The summed E-state index contributed by atoms with van der Waals surface area (Å²) in [5.41, 5.74) is 0. The number of rotatable bonds is 3. The molecule has 17 heavy (non-hydrogen) atoms. The fourth-order valence-electron chi connectivity index (χ4n) is 2.08. The molecule has 4 nitrogen and oxygen atoms in total. The van der Waals surface area contributed by atoms with Crippen molar-refractivity contribution in [2.24, 2.45) is 0 Å². The topological polar surface area (TPSA) is 37.4 Å². The monoisotopic (exact) mass is 235 g/mol. The Morgan fingerprint density at radius 3 is 3.24 bits per heavy atom. The summed E-state index contributed by atoms with van der Waals surface area (Å²) < 4.78 is 5.65. The van der Waals surface area contributed by atoms with Crippen LogP contribution in [0, 0.1) is 0 Å². The lowest BCUT2D eigenvalue weighted by Gasteiger charge is -2.23. The van der Waals surface area contributed by atoms with E-state index in [0.717, 1.165) is 44.3 Å². The van der Waals surface area contributed by atoms with E-state index in [4.69, 9.17) is 4.74 Å². The van der Waals surface area contributed by atoms with E-state index in [0.29, 0.717) is 0 Å². The van der Waals surface area contributed by atoms with Crippen molar-refractivity contribution in [3.8, 4) is 0 Å². The van der Waals surface area contributed by atoms with Crippen LogP contribution in [0.15, 0.2) is 18.2 Å². The van der Waals surface area contributed by atoms with E-state index in [2.05, 4.69) is 41.2 Å². The summed E-state index contributed by atoms with van der Waals surface area (Å²) in [4.78, 5) is 6.93. The van der Waals surface area contributed by atoms with Crippen LogP contribution in [0.3, 0.4) is 0 Å². The number of hydrogen-bond acceptors (Lipinski definition) is 4. The SMILES string of the molecule is CCNc1cccc(N2CCCOC(C)C2)n1. The molecule has 0 spiro atoms. The molecule has 94 valence electrons. The van der Waals surface area contributed by atoms with Gasteiger partial charge < -0.3 is 15.0 Å². The third-order valence-electron chi connectivity index (χ3n) is 2.87. The van der Waals surface area contributed by atoms with Gasteiger partial charge in [-0.15, -0.1) is 0 Å². The highest BCUT2D eigenvalue weighted by atomic mass is 16.5. The first kappa shape index (κ1) is 12.2. The number of nitrogens with zero attached hydrogens (tertiary/aromatic N) is 2. The quantitative estimate of drug-likeness (QED) is 0.871. The highest BCUT2D eigenvalue weighted by Crippen LogP contribution is 2.17. The molecular formula is C13H21N3O. The normalized spacial score (nSPS) is 21.1. The average Bonchev–Trinajstić information content (AvgIpc) is 2.55. The van der Waals surface area contributed by atoms with Crippen LogP contribution in [-0.4, -0.2) is 37.3 Å². The Bertz CT molecular complexity index is 356. The second-order valence-electron chi connectivity index (χ2n) is 4.39. The largest absolute Gasteiger partial charge is 0.377 e. The molecule has 1 aliphatic rings. The molecule has 1 saturated heterocycles. The van der Waals surface area contributed by atoms with Crippen LogP contribution >= 0.6 is 0 Å². The molecule has 1 atom stereocenters. The number of anilines is 2. The molecule has 0 saturated carbocycles. The maximum absolute atomic E-state index is 5.65. The van der Waals surface area contributed by atoms with Gasteiger partial charge >= 0.3 is 0 Å². The molecule has 1 N–H and O–H groups in total. The third-order valence-corrected chi connectivity index (χ3v) is 2.87. The van der Waals surface area contributed by atoms with E-state index in [1.165, 1.54) is 0 Å². The molecule has 1 aromatic heterocycles. The second kappa shape index (κ2) is 5.87. The molecular weight excluding hydrogens is 214 g/mol. The molecule has 0 bridgehead atoms. The van der Waals surface area contributed by atoms with Gasteiger partial charge in [-0.05, 0) is 32.4 Å². The van der Waals surface area contributed by atoms with Crippen LogP contribution in [-0.2, 0) is 4.74 Å². The first-order chi connectivity index (χ1) is 8.29. The Balaban J connectivity index is 2.11. The van der Waals surface area contributed by atoms with Crippen molar-refractivity contribution in [3.63, 3.8) is 0 Å². The molecule has 1 aliphatic heterocycles. The standard InChI is InChI=1S/C13H21N3O/c1-3-14-12-6-4-7-13(15-12)16-8-5-9-17-11(2)10-16/h4,6-7,11H,3,5,8-10H2,1-2H3,(H,14,15). The number of aromatic nitrogens is 1. The molecule has 0 aliphatic carbocycles. The second-order valence-corrected chi connectivity index (χ2v) is 4.39. The van der Waals surface area contributed by atoms with E-state index in [1.807, 2.05) is 6.07 Å². The van der Waals surface area contributed by atoms with Crippen molar-refractivity contribution in [1.29, 1.82) is 0 Å². The predicted octanol–water partition coefficient (Wildman–Crippen LogP) is 2.13. The molecule has 0 aromatic carbocycles. The van der Waals surface area contributed by atoms with Gasteiger partial charge in [0.05, 0.1) is 6.10 Å². The maximum atomic E-state index is 5.65. The molecule has 4 heteroatoms. The van der Waals surface area contributed by atoms with Crippen LogP contribution in [0.5, 0.6) is 0 Å². The van der Waals surface area contributed by atoms with Gasteiger partial charge in [-0.2, -0.15) is 0 Å². The predicted molar refractivity (Wildman–Crippen MR) is 70.6 cm³/mol. The van der Waals surface area contributed by atoms with Crippen molar-refractivity contribution in [2.45, 2.75) is 26.4 Å². The highest BCUT2D eigenvalue weighted by Gasteiger charge is 2.16. The molecule has 0 amide bonds. The van der Waals surface area contributed by atoms with Crippen LogP contribution in [0.2, 0.25) is 0 Å². The summed E-state index contributed by atoms with van der Waals surface area (Å²) in [6, 6.07) is 6.13. The summed E-state index contributed by atoms with van der Waals surface area (Å²) in [5.74, 6) is 1.99. The molecule has 0 radical (unpaired) electrons. The lowest BCUT2D eigenvalue weighted by Crippen LogP contribution is -2.30. The van der Waals surface area contributed by atoms with E-state index >= 15 is 0 Å². The smallest absolute Gasteiger partial charge is 0.131 e. The van der Waals surface area contributed by atoms with Gasteiger partial charge in [0, 0.05) is 26.2 Å². The molecule has 1 unspecified atom stereocenters. The summed E-state index contributed by atoms with van der Waals surface area (Å²) in [6.07, 6.45) is 1.35. The van der Waals surface area contributed by atoms with E-state index in [9.17, 15) is 0 Å². The van der Waals surface area contributed by atoms with Crippen LogP contribution < -0.4 is 10.2 Å². The minimum atomic E-state index is 0.280. The van der Waals surface area contributed by atoms with Crippen molar-refractivity contribution in [1.82, 2.24) is 4.98 Å². The van der Waals surface area contributed by atoms with Crippen LogP contribution in [0.1, 0.15) is 20.3 Å². The van der Waals surface area contributed by atoms with E-state index < -0.39 is 0 Å². The number of ether oxygens (including phenoxy) is 1. The van der Waals surface area contributed by atoms with E-state index in [1.54, 1.807) is 0 Å². The lowest BCUT2D eigenvalue weighted by atomic mass is 10.3. The van der Waals surface area contributed by atoms with Crippen LogP contribution in [0.4, 0.5) is 11.6 Å². The molecule has 2 heterocycles. The van der Waals surface area contributed by atoms with Gasteiger partial charge in [0.2, 0.25) is 0 Å². The van der Waals surface area contributed by atoms with Crippen molar-refractivity contribution in [3.05, 3.63) is 18.2 Å². The Morgan fingerprint density at radius 2 is 2.41 bits per heavy atom. The summed E-state index contributed by atoms with van der Waals surface area (Å²) >= 11 is 0. The molecule has 1 fully saturated rings. The third kappa shape index (κ3) is 3.33. The fourth-order valence-corrected chi connectivity index (χ4v) is 2.08. The van der Waals surface area contributed by atoms with E-state index in [-0.39, 0.29) is 6.10 Å². The summed E-state index contributed by atoms with van der Waals surface area (Å²) in [7, 11) is 0. The zero-order valence-electron chi connectivity index (χ0n) is 10.6. The summed E-state index contributed by atoms with van der Waals surface area (Å²) in [5, 5.41) is 3.24. The molecule has 1 aromatic rings. The average molecular weight is 235 g/mol. The van der Waals surface area contributed by atoms with Gasteiger partial charge in [-0.25, -0.2) is 4.98 Å². The first-order valence-corrected chi connectivity index (χ1v) is 6.37. The van der Waals surface area contributed by atoms with Gasteiger partial charge in [0.15, 0.2) is 0 Å². The van der Waals surface area contributed by atoms with Crippen molar-refractivity contribution in [2.75, 3.05) is 36.5 Å². The Kier molecular flexibility index (Phi) is 4.20. The Hall–Kier alpha value is -1.29. The van der Waals surface area contributed by atoms with Gasteiger partial charge in [-0.1, -0.05) is 6.07 Å².